The van der Waals surface area contributed by atoms with Crippen molar-refractivity contribution in [2.45, 2.75) is 19.4 Å². The zero-order valence-electron chi connectivity index (χ0n) is 9.03. The molecule has 0 saturated heterocycles. The van der Waals surface area contributed by atoms with Gasteiger partial charge in [-0.25, -0.2) is 0 Å². The van der Waals surface area contributed by atoms with Gasteiger partial charge < -0.3 is 15.2 Å². The molecule has 0 unspecified atom stereocenters. The number of benzene rings is 1. The minimum absolute atomic E-state index is 0.0388. The van der Waals surface area contributed by atoms with Crippen LogP contribution in [0.4, 0.5) is 0 Å². The van der Waals surface area contributed by atoms with Crippen LogP contribution in [0.3, 0.4) is 0 Å². The maximum absolute atomic E-state index is 10.4. The van der Waals surface area contributed by atoms with E-state index in [1.807, 2.05) is 12.1 Å². The summed E-state index contributed by atoms with van der Waals surface area (Å²) in [4.78, 5) is 10.4. The van der Waals surface area contributed by atoms with Crippen molar-refractivity contribution in [2.24, 2.45) is 0 Å². The number of carbonyl (C=O) groups is 1. The summed E-state index contributed by atoms with van der Waals surface area (Å²) in [5.41, 5.74) is 2.46. The summed E-state index contributed by atoms with van der Waals surface area (Å²) in [6.45, 7) is 2.02. The Morgan fingerprint density at radius 1 is 1.50 bits per heavy atom. The number of hydrogen-bond donors (Lipinski definition) is 2. The number of aliphatic carboxylic acids is 1. The van der Waals surface area contributed by atoms with Crippen molar-refractivity contribution in [1.29, 1.82) is 0 Å². The van der Waals surface area contributed by atoms with Gasteiger partial charge in [0.15, 0.2) is 0 Å². The second kappa shape index (κ2) is 4.99. The van der Waals surface area contributed by atoms with Gasteiger partial charge in [-0.05, 0) is 24.6 Å². The number of hydrogen-bond acceptors (Lipinski definition) is 3. The molecule has 2 N–H and O–H groups in total. The van der Waals surface area contributed by atoms with Gasteiger partial charge in [-0.2, -0.15) is 0 Å². The minimum atomic E-state index is -0.831. The molecule has 4 nitrogen and oxygen atoms in total. The predicted molar refractivity (Wildman–Crippen MR) is 59.6 cm³/mol. The van der Waals surface area contributed by atoms with Crippen molar-refractivity contribution in [3.05, 3.63) is 29.3 Å². The molecule has 0 bridgehead atoms. The molecule has 86 valence electrons. The van der Waals surface area contributed by atoms with Crippen LogP contribution in [-0.2, 0) is 17.8 Å². The van der Waals surface area contributed by atoms with Crippen LogP contribution in [-0.4, -0.2) is 24.2 Å². The molecule has 4 heteroatoms. The fourth-order valence-electron chi connectivity index (χ4n) is 1.87. The summed E-state index contributed by atoms with van der Waals surface area (Å²) in [6, 6.07) is 5.95. The van der Waals surface area contributed by atoms with Crippen molar-refractivity contribution in [2.75, 3.05) is 13.2 Å². The van der Waals surface area contributed by atoms with Gasteiger partial charge in [0, 0.05) is 12.1 Å². The Balaban J connectivity index is 2.05. The van der Waals surface area contributed by atoms with Gasteiger partial charge >= 0.3 is 5.97 Å². The topological polar surface area (TPSA) is 58.6 Å². The lowest BCUT2D eigenvalue weighted by Gasteiger charge is -2.20. The van der Waals surface area contributed by atoms with Crippen LogP contribution >= 0.6 is 0 Å². The molecule has 0 aromatic heterocycles. The predicted octanol–water partition coefficient (Wildman–Crippen LogP) is 1.19. The highest BCUT2D eigenvalue weighted by atomic mass is 16.5. The van der Waals surface area contributed by atoms with Gasteiger partial charge in [0.1, 0.15) is 5.75 Å². The molecular formula is C12H15NO3. The lowest BCUT2D eigenvalue weighted by atomic mass is 10.0. The van der Waals surface area contributed by atoms with Gasteiger partial charge in [0.05, 0.1) is 13.0 Å². The summed E-state index contributed by atoms with van der Waals surface area (Å²) in [5.74, 6) is -0.0196. The number of ether oxygens (including phenoxy) is 1. The Morgan fingerprint density at radius 3 is 3.19 bits per heavy atom. The molecule has 0 saturated carbocycles. The molecule has 0 amide bonds. The Labute approximate surface area is 94.2 Å². The molecule has 1 aliphatic rings. The third-order valence-electron chi connectivity index (χ3n) is 2.68. The standard InChI is InChI=1S/C12H15NO3/c14-12(15)5-7-16-11-3-1-2-9-4-6-13-8-10(9)11/h1-3,13H,4-8H2,(H,14,15). The number of rotatable bonds is 4. The van der Waals surface area contributed by atoms with Crippen molar-refractivity contribution in [3.8, 4) is 5.75 Å². The molecular weight excluding hydrogens is 206 g/mol. The van der Waals surface area contributed by atoms with E-state index in [-0.39, 0.29) is 13.0 Å². The van der Waals surface area contributed by atoms with E-state index in [0.717, 1.165) is 25.3 Å². The molecule has 0 aliphatic carbocycles. The van der Waals surface area contributed by atoms with E-state index in [4.69, 9.17) is 9.84 Å². The maximum Gasteiger partial charge on any atom is 0.306 e. The summed E-state index contributed by atoms with van der Waals surface area (Å²) >= 11 is 0. The number of fused-ring (bicyclic) bond motifs is 1. The van der Waals surface area contributed by atoms with E-state index in [2.05, 4.69) is 11.4 Å². The zero-order chi connectivity index (χ0) is 11.4. The molecule has 2 rings (SSSR count). The molecule has 0 atom stereocenters. The first kappa shape index (κ1) is 11.0. The monoisotopic (exact) mass is 221 g/mol. The lowest BCUT2D eigenvalue weighted by molar-refractivity contribution is -0.137. The molecule has 1 aromatic carbocycles. The molecule has 0 radical (unpaired) electrons. The third-order valence-corrected chi connectivity index (χ3v) is 2.68. The largest absolute Gasteiger partial charge is 0.493 e. The molecule has 1 aromatic rings. The fourth-order valence-corrected chi connectivity index (χ4v) is 1.87. The summed E-state index contributed by atoms with van der Waals surface area (Å²) in [7, 11) is 0. The Kier molecular flexibility index (Phi) is 3.41. The van der Waals surface area contributed by atoms with E-state index in [1.165, 1.54) is 11.1 Å². The highest BCUT2D eigenvalue weighted by Gasteiger charge is 2.13. The number of carboxylic acids is 1. The second-order valence-electron chi connectivity index (χ2n) is 3.81. The fraction of sp³-hybridized carbons (Fsp3) is 0.417. The summed E-state index contributed by atoms with van der Waals surface area (Å²) in [5, 5.41) is 11.8. The average molecular weight is 221 g/mol. The first-order valence-corrected chi connectivity index (χ1v) is 5.43. The maximum atomic E-state index is 10.4. The van der Waals surface area contributed by atoms with E-state index in [9.17, 15) is 4.79 Å². The number of nitrogens with one attached hydrogen (secondary N) is 1. The number of carboxylic acid groups (broad SMARTS) is 1. The molecule has 0 spiro atoms. The van der Waals surface area contributed by atoms with E-state index in [0.29, 0.717) is 0 Å². The van der Waals surface area contributed by atoms with Crippen LogP contribution in [0.15, 0.2) is 18.2 Å². The van der Waals surface area contributed by atoms with Crippen LogP contribution in [0.25, 0.3) is 0 Å². The second-order valence-corrected chi connectivity index (χ2v) is 3.81. The zero-order valence-corrected chi connectivity index (χ0v) is 9.03. The molecule has 0 fully saturated rings. The van der Waals surface area contributed by atoms with Crippen molar-refractivity contribution >= 4 is 5.97 Å². The highest BCUT2D eigenvalue weighted by molar-refractivity contribution is 5.66. The average Bonchev–Trinajstić information content (AvgIpc) is 2.29. The lowest BCUT2D eigenvalue weighted by Crippen LogP contribution is -2.24. The molecule has 16 heavy (non-hydrogen) atoms. The van der Waals surface area contributed by atoms with Crippen LogP contribution in [0.1, 0.15) is 17.5 Å². The van der Waals surface area contributed by atoms with Gasteiger partial charge in [-0.3, -0.25) is 4.79 Å². The first-order valence-electron chi connectivity index (χ1n) is 5.43. The van der Waals surface area contributed by atoms with Crippen molar-refractivity contribution < 1.29 is 14.6 Å². The smallest absolute Gasteiger partial charge is 0.306 e. The van der Waals surface area contributed by atoms with E-state index in [1.54, 1.807) is 0 Å². The molecule has 1 aliphatic heterocycles. The van der Waals surface area contributed by atoms with Crippen LogP contribution < -0.4 is 10.1 Å². The van der Waals surface area contributed by atoms with Crippen LogP contribution in [0.2, 0.25) is 0 Å². The first-order chi connectivity index (χ1) is 7.77. The van der Waals surface area contributed by atoms with E-state index >= 15 is 0 Å². The minimum Gasteiger partial charge on any atom is -0.493 e. The Bertz CT molecular complexity index is 390. The van der Waals surface area contributed by atoms with Crippen LogP contribution in [0, 0.1) is 0 Å². The summed E-state index contributed by atoms with van der Waals surface area (Å²) < 4.78 is 5.49. The SMILES string of the molecule is O=C(O)CCOc1cccc2c1CNCC2. The van der Waals surface area contributed by atoms with Gasteiger partial charge in [-0.15, -0.1) is 0 Å². The van der Waals surface area contributed by atoms with Gasteiger partial charge in [0.2, 0.25) is 0 Å². The van der Waals surface area contributed by atoms with Gasteiger partial charge in [-0.1, -0.05) is 12.1 Å². The van der Waals surface area contributed by atoms with Crippen LogP contribution in [0.5, 0.6) is 5.75 Å². The van der Waals surface area contributed by atoms with Crippen molar-refractivity contribution in [3.63, 3.8) is 0 Å². The quantitative estimate of drug-likeness (QED) is 0.801. The highest BCUT2D eigenvalue weighted by Crippen LogP contribution is 2.24. The third kappa shape index (κ3) is 2.52. The Hall–Kier alpha value is -1.55. The van der Waals surface area contributed by atoms with Crippen molar-refractivity contribution in [1.82, 2.24) is 5.32 Å². The van der Waals surface area contributed by atoms with Gasteiger partial charge in [0.25, 0.3) is 0 Å². The summed E-state index contributed by atoms with van der Waals surface area (Å²) in [6.07, 6.45) is 1.04. The van der Waals surface area contributed by atoms with E-state index < -0.39 is 5.97 Å². The Morgan fingerprint density at radius 2 is 2.38 bits per heavy atom. The molecule has 1 heterocycles. The normalized spacial score (nSPS) is 14.2.